The minimum atomic E-state index is -5.01. The second kappa shape index (κ2) is 21.9. The number of para-hydroxylation sites is 1. The average molecular weight is 538 g/mol. The zero-order valence-corrected chi connectivity index (χ0v) is 25.6. The molecule has 1 aromatic rings. The molecule has 3 unspecified atom stereocenters. The number of ether oxygens (including phenoxy) is 2. The van der Waals surface area contributed by atoms with E-state index < -0.39 is 33.7 Å². The number of anilines is 1. The van der Waals surface area contributed by atoms with E-state index in [9.17, 15) is 22.6 Å². The molecule has 10 heteroatoms. The number of carbonyl (C=O) groups is 2. The van der Waals surface area contributed by atoms with Crippen LogP contribution in [0.3, 0.4) is 0 Å². The summed E-state index contributed by atoms with van der Waals surface area (Å²) in [5.41, 5.74) is 6.18. The molecule has 0 aromatic heterocycles. The van der Waals surface area contributed by atoms with Crippen LogP contribution in [0.25, 0.3) is 0 Å². The van der Waals surface area contributed by atoms with Crippen LogP contribution in [0.5, 0.6) is 0 Å². The Balaban J connectivity index is 0. The maximum absolute atomic E-state index is 12.1. The number of rotatable bonds is 16. The van der Waals surface area contributed by atoms with E-state index in [0.29, 0.717) is 0 Å². The van der Waals surface area contributed by atoms with Crippen LogP contribution in [0.4, 0.5) is 5.69 Å². The zero-order chi connectivity index (χ0) is 26.7. The van der Waals surface area contributed by atoms with Gasteiger partial charge in [0.05, 0.1) is 19.6 Å². The molecule has 0 bridgehead atoms. The summed E-state index contributed by atoms with van der Waals surface area (Å²) in [6.45, 7) is 8.26. The smallest absolute Gasteiger partial charge is 0.747 e. The molecule has 0 saturated heterocycles. The second-order valence-electron chi connectivity index (χ2n) is 8.74. The van der Waals surface area contributed by atoms with Crippen molar-refractivity contribution >= 4 is 27.7 Å². The van der Waals surface area contributed by atoms with Crippen LogP contribution in [-0.2, 0) is 29.2 Å². The zero-order valence-electron chi connectivity index (χ0n) is 22.7. The summed E-state index contributed by atoms with van der Waals surface area (Å²) in [4.78, 5) is 24.1. The van der Waals surface area contributed by atoms with E-state index in [2.05, 4.69) is 13.8 Å². The largest absolute Gasteiger partial charge is 1.00 e. The number of esters is 2. The molecule has 3 atom stereocenters. The Morgan fingerprint density at radius 2 is 1.36 bits per heavy atom. The topological polar surface area (TPSA) is 136 Å². The van der Waals surface area contributed by atoms with E-state index in [1.807, 2.05) is 44.2 Å². The van der Waals surface area contributed by atoms with Gasteiger partial charge in [-0.3, -0.25) is 9.59 Å². The number of hydrogen-bond acceptors (Lipinski definition) is 8. The molecule has 0 spiro atoms. The first-order valence-electron chi connectivity index (χ1n) is 12.7. The van der Waals surface area contributed by atoms with Crippen LogP contribution < -0.4 is 35.3 Å². The van der Waals surface area contributed by atoms with E-state index in [1.54, 1.807) is 0 Å². The quantitative estimate of drug-likeness (QED) is 0.147. The third-order valence-corrected chi connectivity index (χ3v) is 6.85. The fourth-order valence-electron chi connectivity index (χ4n) is 3.27. The van der Waals surface area contributed by atoms with Gasteiger partial charge in [-0.05, 0) is 36.8 Å². The van der Waals surface area contributed by atoms with Crippen molar-refractivity contribution < 1.29 is 61.6 Å². The van der Waals surface area contributed by atoms with Gasteiger partial charge in [0, 0.05) is 5.69 Å². The van der Waals surface area contributed by atoms with Gasteiger partial charge in [0.25, 0.3) is 0 Å². The van der Waals surface area contributed by atoms with Crippen molar-refractivity contribution in [2.24, 2.45) is 11.8 Å². The Morgan fingerprint density at radius 3 is 1.72 bits per heavy atom. The molecule has 0 fully saturated rings. The summed E-state index contributed by atoms with van der Waals surface area (Å²) in [6.07, 6.45) is 6.58. The van der Waals surface area contributed by atoms with Crippen molar-refractivity contribution in [3.8, 4) is 0 Å². The molecule has 1 rings (SSSR count). The van der Waals surface area contributed by atoms with Crippen molar-refractivity contribution in [2.75, 3.05) is 18.9 Å². The Kier molecular flexibility index (Phi) is 22.5. The van der Waals surface area contributed by atoms with Crippen LogP contribution >= 0.6 is 0 Å². The Hall–Kier alpha value is -1.13. The van der Waals surface area contributed by atoms with Gasteiger partial charge in [0.2, 0.25) is 0 Å². The number of nitrogen functional groups attached to an aromatic ring is 1. The summed E-state index contributed by atoms with van der Waals surface area (Å²) >= 11 is 0. The summed E-state index contributed by atoms with van der Waals surface area (Å²) in [6, 6.07) is 9.49. The minimum Gasteiger partial charge on any atom is -0.747 e. The van der Waals surface area contributed by atoms with Gasteiger partial charge < -0.3 is 19.8 Å². The van der Waals surface area contributed by atoms with E-state index in [1.165, 1.54) is 0 Å². The Labute approximate surface area is 240 Å². The maximum atomic E-state index is 12.1. The van der Waals surface area contributed by atoms with Gasteiger partial charge in [0.15, 0.2) is 5.25 Å². The van der Waals surface area contributed by atoms with Gasteiger partial charge >= 0.3 is 41.5 Å². The molecule has 2 N–H and O–H groups in total. The Morgan fingerprint density at radius 1 is 0.889 bits per heavy atom. The maximum Gasteiger partial charge on any atom is 1.00 e. The molecule has 0 amide bonds. The number of hydrogen-bond donors (Lipinski definition) is 1. The van der Waals surface area contributed by atoms with E-state index in [4.69, 9.17) is 15.2 Å². The third-order valence-electron chi connectivity index (χ3n) is 5.79. The van der Waals surface area contributed by atoms with Crippen LogP contribution in [0.1, 0.15) is 85.5 Å². The normalized spacial score (nSPS) is 13.2. The first-order valence-corrected chi connectivity index (χ1v) is 14.1. The van der Waals surface area contributed by atoms with Gasteiger partial charge in [0.1, 0.15) is 10.1 Å². The number of unbranched alkanes of at least 4 members (excludes halogenated alkanes) is 2. The van der Waals surface area contributed by atoms with Crippen molar-refractivity contribution in [3.63, 3.8) is 0 Å². The number of nitrogens with two attached hydrogens (primary N) is 1. The molecule has 202 valence electrons. The molecular weight excluding hydrogens is 493 g/mol. The molecule has 8 nitrogen and oxygen atoms in total. The third kappa shape index (κ3) is 18.2. The first-order chi connectivity index (χ1) is 16.6. The van der Waals surface area contributed by atoms with Crippen LogP contribution in [0, 0.1) is 11.8 Å². The van der Waals surface area contributed by atoms with Gasteiger partial charge in [-0.1, -0.05) is 84.4 Å². The fourth-order valence-corrected chi connectivity index (χ4v) is 3.91. The van der Waals surface area contributed by atoms with Crippen molar-refractivity contribution in [3.05, 3.63) is 30.3 Å². The number of benzene rings is 1. The average Bonchev–Trinajstić information content (AvgIpc) is 2.82. The molecule has 0 aliphatic rings. The molecule has 0 radical (unpaired) electrons. The van der Waals surface area contributed by atoms with E-state index >= 15 is 0 Å². The monoisotopic (exact) mass is 537 g/mol. The Bertz CT molecular complexity index is 806. The van der Waals surface area contributed by atoms with Crippen molar-refractivity contribution in [2.45, 2.75) is 90.7 Å². The number of carbonyl (C=O) groups excluding carboxylic acids is 2. The van der Waals surface area contributed by atoms with Crippen molar-refractivity contribution in [1.29, 1.82) is 0 Å². The van der Waals surface area contributed by atoms with Crippen molar-refractivity contribution in [1.82, 2.24) is 0 Å². The van der Waals surface area contributed by atoms with E-state index in [0.717, 1.165) is 57.1 Å². The predicted molar refractivity (Wildman–Crippen MR) is 137 cm³/mol. The van der Waals surface area contributed by atoms with Crippen LogP contribution in [0.15, 0.2) is 30.3 Å². The predicted octanol–water partition coefficient (Wildman–Crippen LogP) is 2.08. The van der Waals surface area contributed by atoms with Gasteiger partial charge in [-0.15, -0.1) is 0 Å². The standard InChI is InChI=1S/C20H38O7S.C6H7N.Na/c1-5-9-11-16(7-3)14-26-19(21)13-18(28(23,24)25)20(22)27-15-17(8-4)12-10-6-2;7-6-4-2-1-3-5-6;/h16-18H,5-15H2,1-4H3,(H,23,24,25);1-5H,7H2;/q;;+1/p-1. The van der Waals surface area contributed by atoms with Gasteiger partial charge in [-0.25, -0.2) is 8.42 Å². The molecule has 36 heavy (non-hydrogen) atoms. The van der Waals surface area contributed by atoms with Crippen LogP contribution in [0.2, 0.25) is 0 Å². The molecule has 0 heterocycles. The summed E-state index contributed by atoms with van der Waals surface area (Å²) < 4.78 is 44.6. The SMILES string of the molecule is CCCCC(CC)COC(=O)CC(C(=O)OCC(CC)CCCC)S(=O)(=O)[O-].Nc1ccccc1.[Na+]. The second-order valence-corrected chi connectivity index (χ2v) is 10.3. The minimum absolute atomic E-state index is 0. The first kappa shape index (κ1) is 37.0. The van der Waals surface area contributed by atoms with Crippen LogP contribution in [-0.4, -0.2) is 43.4 Å². The molecule has 0 saturated carbocycles. The summed E-state index contributed by atoms with van der Waals surface area (Å²) in [5.74, 6) is -1.74. The molecule has 1 aromatic carbocycles. The summed E-state index contributed by atoms with van der Waals surface area (Å²) in [7, 11) is -5.01. The van der Waals surface area contributed by atoms with E-state index in [-0.39, 0.29) is 54.6 Å². The molecule has 0 aliphatic carbocycles. The molecule has 0 aliphatic heterocycles. The van der Waals surface area contributed by atoms with Gasteiger partial charge in [-0.2, -0.15) is 0 Å². The molecular formula is C26H44NNaO7S. The summed E-state index contributed by atoms with van der Waals surface area (Å²) in [5, 5.41) is -2.06. The fraction of sp³-hybridized carbons (Fsp3) is 0.692.